The number of aryl methyl sites for hydroxylation is 2. The number of likely N-dealkylation sites (tertiary alicyclic amines) is 1. The van der Waals surface area contributed by atoms with Gasteiger partial charge in [-0.1, -0.05) is 30.3 Å². The molecule has 2 aliphatic rings. The summed E-state index contributed by atoms with van der Waals surface area (Å²) in [5, 5.41) is 19.6. The summed E-state index contributed by atoms with van der Waals surface area (Å²) in [5.41, 5.74) is 6.83. The molecule has 2 aromatic heterocycles. The first-order valence-electron chi connectivity index (χ1n) is 11.8. The van der Waals surface area contributed by atoms with Crippen LogP contribution in [0.3, 0.4) is 0 Å². The van der Waals surface area contributed by atoms with E-state index in [9.17, 15) is 9.90 Å². The molecule has 0 unspecified atom stereocenters. The van der Waals surface area contributed by atoms with Gasteiger partial charge in [0.1, 0.15) is 0 Å². The van der Waals surface area contributed by atoms with Crippen molar-refractivity contribution < 1.29 is 9.90 Å². The molecule has 0 atom stereocenters. The number of hydrogen-bond acceptors (Lipinski definition) is 3. The van der Waals surface area contributed by atoms with Crippen molar-refractivity contribution in [1.29, 1.82) is 0 Å². The molecule has 0 radical (unpaired) electrons. The fraction of sp³-hybridized carbons (Fsp3) is 0.333. The Balaban J connectivity index is 1.22. The average molecular weight is 441 g/mol. The number of aromatic nitrogens is 3. The number of amides is 1. The summed E-state index contributed by atoms with van der Waals surface area (Å²) in [4.78, 5) is 18.8. The van der Waals surface area contributed by atoms with Crippen molar-refractivity contribution in [2.75, 3.05) is 13.1 Å². The number of rotatable bonds is 3. The minimum atomic E-state index is -0.748. The van der Waals surface area contributed by atoms with Gasteiger partial charge in [-0.3, -0.25) is 9.89 Å². The molecule has 168 valence electrons. The number of nitrogens with one attached hydrogen (secondary N) is 2. The lowest BCUT2D eigenvalue weighted by atomic mass is 9.85. The zero-order valence-corrected chi connectivity index (χ0v) is 18.6. The van der Waals surface area contributed by atoms with Crippen molar-refractivity contribution in [2.45, 2.75) is 44.1 Å². The van der Waals surface area contributed by atoms with Gasteiger partial charge in [0.15, 0.2) is 0 Å². The average Bonchev–Trinajstić information content (AvgIpc) is 3.40. The van der Waals surface area contributed by atoms with Crippen LogP contribution in [0, 0.1) is 0 Å². The van der Waals surface area contributed by atoms with Crippen LogP contribution in [-0.2, 0) is 19.3 Å². The van der Waals surface area contributed by atoms with E-state index < -0.39 is 5.60 Å². The predicted octanol–water partition coefficient (Wildman–Crippen LogP) is 4.26. The normalized spacial score (nSPS) is 17.4. The first-order chi connectivity index (χ1) is 16.1. The summed E-state index contributed by atoms with van der Waals surface area (Å²) in [6, 6.07) is 16.1. The summed E-state index contributed by atoms with van der Waals surface area (Å²) >= 11 is 0. The lowest BCUT2D eigenvalue weighted by Gasteiger charge is -2.38. The number of aromatic amines is 2. The second kappa shape index (κ2) is 7.89. The van der Waals surface area contributed by atoms with Crippen molar-refractivity contribution >= 4 is 16.8 Å². The zero-order chi connectivity index (χ0) is 22.4. The van der Waals surface area contributed by atoms with Crippen LogP contribution in [0.2, 0.25) is 0 Å². The van der Waals surface area contributed by atoms with Gasteiger partial charge in [-0.05, 0) is 67.0 Å². The highest BCUT2D eigenvalue weighted by Gasteiger charge is 2.34. The van der Waals surface area contributed by atoms with Crippen molar-refractivity contribution in [3.05, 3.63) is 77.0 Å². The number of hydrogen-bond donors (Lipinski definition) is 3. The molecule has 3 N–H and O–H groups in total. The van der Waals surface area contributed by atoms with Crippen molar-refractivity contribution in [3.63, 3.8) is 0 Å². The first kappa shape index (κ1) is 20.2. The van der Waals surface area contributed by atoms with E-state index in [0.29, 0.717) is 37.9 Å². The van der Waals surface area contributed by atoms with Gasteiger partial charge in [0.2, 0.25) is 0 Å². The second-order valence-electron chi connectivity index (χ2n) is 9.54. The number of fused-ring (bicyclic) bond motifs is 5. The minimum absolute atomic E-state index is 0.0458. The molecule has 0 bridgehead atoms. The van der Waals surface area contributed by atoms with Crippen LogP contribution >= 0.6 is 0 Å². The number of piperidine rings is 1. The Morgan fingerprint density at radius 3 is 2.70 bits per heavy atom. The number of benzene rings is 2. The lowest BCUT2D eigenvalue weighted by Crippen LogP contribution is -2.47. The molecule has 3 heterocycles. The Morgan fingerprint density at radius 2 is 1.88 bits per heavy atom. The third-order valence-corrected chi connectivity index (χ3v) is 7.35. The van der Waals surface area contributed by atoms with E-state index in [2.05, 4.69) is 27.3 Å². The Bertz CT molecular complexity index is 1310. The van der Waals surface area contributed by atoms with Crippen LogP contribution in [0.15, 0.2) is 54.7 Å². The van der Waals surface area contributed by atoms with Crippen molar-refractivity contribution in [2.24, 2.45) is 0 Å². The molecule has 6 nitrogen and oxygen atoms in total. The topological polar surface area (TPSA) is 85.0 Å². The molecule has 1 aliphatic carbocycles. The third-order valence-electron chi connectivity index (χ3n) is 7.35. The van der Waals surface area contributed by atoms with Crippen LogP contribution < -0.4 is 0 Å². The van der Waals surface area contributed by atoms with E-state index in [1.54, 1.807) is 0 Å². The summed E-state index contributed by atoms with van der Waals surface area (Å²) in [6.07, 6.45) is 6.79. The molecule has 1 amide bonds. The smallest absolute Gasteiger partial charge is 0.253 e. The van der Waals surface area contributed by atoms with E-state index in [1.165, 1.54) is 11.1 Å². The predicted molar refractivity (Wildman–Crippen MR) is 128 cm³/mol. The van der Waals surface area contributed by atoms with Crippen LogP contribution in [0.5, 0.6) is 0 Å². The number of nitrogens with zero attached hydrogens (tertiary/aromatic N) is 2. The SMILES string of the molecule is O=C(c1ccc2[nH]c3c(c2c1)CCCc1cn[nH]c1-3)N1CCC(O)(Cc2ccccc2)CC1. The highest BCUT2D eigenvalue weighted by atomic mass is 16.3. The largest absolute Gasteiger partial charge is 0.389 e. The van der Waals surface area contributed by atoms with Gasteiger partial charge < -0.3 is 15.0 Å². The van der Waals surface area contributed by atoms with Gasteiger partial charge in [0.25, 0.3) is 5.91 Å². The van der Waals surface area contributed by atoms with Crippen molar-refractivity contribution in [3.8, 4) is 11.4 Å². The number of H-pyrrole nitrogens is 2. The van der Waals surface area contributed by atoms with E-state index >= 15 is 0 Å². The Kier molecular flexibility index (Phi) is 4.84. The van der Waals surface area contributed by atoms with Gasteiger partial charge in [0, 0.05) is 36.0 Å². The molecule has 0 spiro atoms. The molecule has 1 fully saturated rings. The maximum atomic E-state index is 13.3. The maximum Gasteiger partial charge on any atom is 0.253 e. The van der Waals surface area contributed by atoms with E-state index in [4.69, 9.17) is 0 Å². The molecular formula is C27H28N4O2. The third kappa shape index (κ3) is 3.64. The summed E-state index contributed by atoms with van der Waals surface area (Å²) in [7, 11) is 0. The van der Waals surface area contributed by atoms with Crippen LogP contribution in [0.1, 0.15) is 46.3 Å². The van der Waals surface area contributed by atoms with Gasteiger partial charge >= 0.3 is 0 Å². The number of aliphatic hydroxyl groups is 1. The zero-order valence-electron chi connectivity index (χ0n) is 18.6. The first-order valence-corrected chi connectivity index (χ1v) is 11.8. The van der Waals surface area contributed by atoms with Gasteiger partial charge in [-0.2, -0.15) is 5.10 Å². The maximum absolute atomic E-state index is 13.3. The van der Waals surface area contributed by atoms with E-state index in [-0.39, 0.29) is 5.91 Å². The molecule has 6 rings (SSSR count). The fourth-order valence-electron chi connectivity index (χ4n) is 5.49. The van der Waals surface area contributed by atoms with Crippen LogP contribution in [0.25, 0.3) is 22.3 Å². The lowest BCUT2D eigenvalue weighted by molar-refractivity contribution is -0.0162. The number of carbonyl (C=O) groups excluding carboxylic acids is 1. The van der Waals surface area contributed by atoms with Crippen molar-refractivity contribution in [1.82, 2.24) is 20.1 Å². The molecule has 33 heavy (non-hydrogen) atoms. The van der Waals surface area contributed by atoms with Crippen LogP contribution in [-0.4, -0.2) is 49.8 Å². The minimum Gasteiger partial charge on any atom is -0.389 e. The summed E-state index contributed by atoms with van der Waals surface area (Å²) in [5.74, 6) is 0.0458. The molecule has 2 aromatic carbocycles. The molecule has 1 aliphatic heterocycles. The summed E-state index contributed by atoms with van der Waals surface area (Å²) in [6.45, 7) is 1.14. The highest BCUT2D eigenvalue weighted by Crippen LogP contribution is 2.36. The summed E-state index contributed by atoms with van der Waals surface area (Å²) < 4.78 is 0. The monoisotopic (exact) mass is 440 g/mol. The van der Waals surface area contributed by atoms with Crippen LogP contribution in [0.4, 0.5) is 0 Å². The van der Waals surface area contributed by atoms with E-state index in [1.807, 2.05) is 47.5 Å². The Morgan fingerprint density at radius 1 is 1.06 bits per heavy atom. The molecule has 1 saturated heterocycles. The Hall–Kier alpha value is -3.38. The van der Waals surface area contributed by atoms with Gasteiger partial charge in [-0.15, -0.1) is 0 Å². The quantitative estimate of drug-likeness (QED) is 0.445. The highest BCUT2D eigenvalue weighted by molar-refractivity contribution is 6.00. The van der Waals surface area contributed by atoms with Gasteiger partial charge in [0.05, 0.1) is 23.2 Å². The standard InChI is InChI=1S/C27H28N4O2/c32-26(31-13-11-27(33,12-14-31)16-18-5-2-1-3-6-18)19-9-10-23-22(15-19)21-8-4-7-20-17-28-30-24(20)25(21)29-23/h1-3,5-6,9-10,15,17,29,33H,4,7-8,11-14,16H2,(H,28,30). The Labute approximate surface area is 192 Å². The van der Waals surface area contributed by atoms with Gasteiger partial charge in [-0.25, -0.2) is 0 Å². The van der Waals surface area contributed by atoms with E-state index in [0.717, 1.165) is 47.1 Å². The molecule has 4 aromatic rings. The fourth-order valence-corrected chi connectivity index (χ4v) is 5.49. The molecule has 0 saturated carbocycles. The second-order valence-corrected chi connectivity index (χ2v) is 9.54. The number of carbonyl (C=O) groups is 1. The molecule has 6 heteroatoms. The molecular weight excluding hydrogens is 412 g/mol.